The zero-order valence-corrected chi connectivity index (χ0v) is 26.1. The molecule has 0 aliphatic heterocycles. The van der Waals surface area contributed by atoms with Crippen LogP contribution in [0.25, 0.3) is 0 Å². The molecule has 0 nitrogen and oxygen atoms in total. The maximum Gasteiger partial charge on any atom is 0.0894 e. The summed E-state index contributed by atoms with van der Waals surface area (Å²) in [5.74, 6) is 6.44. The molecule has 0 aromatic heterocycles. The summed E-state index contributed by atoms with van der Waals surface area (Å²) in [7, 11) is 0. The fourth-order valence-corrected chi connectivity index (χ4v) is 8.96. The van der Waals surface area contributed by atoms with Gasteiger partial charge in [-0.1, -0.05) is 135 Å². The largest absolute Gasteiger partial charge is 0.251 e. The monoisotopic (exact) mass is 533 g/mol. The van der Waals surface area contributed by atoms with Gasteiger partial charge in [-0.3, -0.25) is 4.39 Å². The number of unbranched alkanes of at least 4 members (excludes halogenated alkanes) is 13. The van der Waals surface area contributed by atoms with Crippen LogP contribution in [0.3, 0.4) is 0 Å². The van der Waals surface area contributed by atoms with Gasteiger partial charge < -0.3 is 0 Å². The predicted molar refractivity (Wildman–Crippen MR) is 166 cm³/mol. The summed E-state index contributed by atoms with van der Waals surface area (Å²) in [6.07, 6.45) is 42.2. The van der Waals surface area contributed by atoms with Crippen molar-refractivity contribution in [1.82, 2.24) is 0 Å². The lowest BCUT2D eigenvalue weighted by Crippen LogP contribution is -2.29. The third-order valence-corrected chi connectivity index (χ3v) is 11.6. The Kier molecular flexibility index (Phi) is 17.7. The third kappa shape index (κ3) is 13.1. The minimum atomic E-state index is -0.121. The highest BCUT2D eigenvalue weighted by Crippen LogP contribution is 2.46. The molecule has 0 aromatic carbocycles. The van der Waals surface area contributed by atoms with Gasteiger partial charge in [-0.15, -0.1) is 0 Å². The molecule has 0 amide bonds. The molecule has 1 heteroatoms. The van der Waals surface area contributed by atoms with Crippen molar-refractivity contribution in [2.45, 2.75) is 193 Å². The molecule has 0 atom stereocenters. The second-order valence-corrected chi connectivity index (χ2v) is 14.5. The summed E-state index contributed by atoms with van der Waals surface area (Å²) in [5, 5.41) is 0. The first kappa shape index (κ1) is 32.4. The van der Waals surface area contributed by atoms with E-state index in [1.165, 1.54) is 103 Å². The van der Waals surface area contributed by atoms with Crippen LogP contribution in [0, 0.1) is 35.5 Å². The lowest BCUT2D eigenvalue weighted by Gasteiger charge is -2.41. The molecule has 0 N–H and O–H groups in total. The van der Waals surface area contributed by atoms with Crippen LogP contribution in [0.5, 0.6) is 0 Å². The highest BCUT2D eigenvalue weighted by molar-refractivity contribution is 4.86. The maximum atomic E-state index is 12.2. The Morgan fingerprint density at radius 1 is 0.368 bits per heavy atom. The van der Waals surface area contributed by atoms with Gasteiger partial charge in [0.25, 0.3) is 0 Å². The van der Waals surface area contributed by atoms with Gasteiger partial charge in [0.1, 0.15) is 0 Å². The van der Waals surface area contributed by atoms with Gasteiger partial charge in [-0.05, 0) is 93.3 Å². The van der Waals surface area contributed by atoms with Crippen LogP contribution in [0.1, 0.15) is 193 Å². The van der Waals surface area contributed by atoms with Gasteiger partial charge in [-0.2, -0.15) is 0 Å². The topological polar surface area (TPSA) is 0 Å². The standard InChI is InChI=1S/C37H69F/c1-2-3-4-5-6-8-11-14-17-32-19-23-34(24-20-32)36-27-29-37(30-28-36)35-25-21-33(22-26-35)18-15-12-9-7-10-13-16-31-38/h32-37H,2-31H2,1H3. The second kappa shape index (κ2) is 20.8. The van der Waals surface area contributed by atoms with Crippen LogP contribution >= 0.6 is 0 Å². The van der Waals surface area contributed by atoms with Crippen molar-refractivity contribution in [2.75, 3.05) is 6.67 Å². The highest BCUT2D eigenvalue weighted by Gasteiger charge is 2.34. The number of hydrogen-bond acceptors (Lipinski definition) is 0. The first-order valence-corrected chi connectivity index (χ1v) is 18.4. The molecule has 0 bridgehead atoms. The van der Waals surface area contributed by atoms with E-state index < -0.39 is 0 Å². The van der Waals surface area contributed by atoms with E-state index in [0.29, 0.717) is 0 Å². The Hall–Kier alpha value is -0.0700. The first-order chi connectivity index (χ1) is 18.8. The molecule has 0 spiro atoms. The van der Waals surface area contributed by atoms with Crippen molar-refractivity contribution in [3.05, 3.63) is 0 Å². The van der Waals surface area contributed by atoms with Gasteiger partial charge >= 0.3 is 0 Å². The van der Waals surface area contributed by atoms with Crippen molar-refractivity contribution >= 4 is 0 Å². The van der Waals surface area contributed by atoms with E-state index in [-0.39, 0.29) is 6.67 Å². The van der Waals surface area contributed by atoms with Gasteiger partial charge in [0, 0.05) is 0 Å². The van der Waals surface area contributed by atoms with Gasteiger partial charge in [0.15, 0.2) is 0 Å². The van der Waals surface area contributed by atoms with Crippen LogP contribution in [0.2, 0.25) is 0 Å². The quantitative estimate of drug-likeness (QED) is 0.137. The molecule has 3 rings (SSSR count). The van der Waals surface area contributed by atoms with Gasteiger partial charge in [0.2, 0.25) is 0 Å². The SMILES string of the molecule is CCCCCCCCCCC1CCC(C2CCC(C3CCC(CCCCCCCCCF)CC3)CC2)CC1. The highest BCUT2D eigenvalue weighted by atomic mass is 19.1. The molecule has 0 saturated heterocycles. The summed E-state index contributed by atoms with van der Waals surface area (Å²) in [4.78, 5) is 0. The lowest BCUT2D eigenvalue weighted by atomic mass is 9.64. The molecule has 38 heavy (non-hydrogen) atoms. The van der Waals surface area contributed by atoms with Crippen LogP contribution in [-0.4, -0.2) is 6.67 Å². The average Bonchev–Trinajstić information content (AvgIpc) is 2.97. The predicted octanol–water partition coefficient (Wildman–Crippen LogP) is 13.0. The Morgan fingerprint density at radius 2 is 0.658 bits per heavy atom. The van der Waals surface area contributed by atoms with Crippen LogP contribution in [-0.2, 0) is 0 Å². The van der Waals surface area contributed by atoms with E-state index >= 15 is 0 Å². The lowest BCUT2D eigenvalue weighted by molar-refractivity contribution is 0.102. The number of halogens is 1. The molecule has 0 unspecified atom stereocenters. The smallest absolute Gasteiger partial charge is 0.0894 e. The Balaban J connectivity index is 1.16. The third-order valence-electron chi connectivity index (χ3n) is 11.6. The van der Waals surface area contributed by atoms with Crippen LogP contribution in [0.4, 0.5) is 4.39 Å². The van der Waals surface area contributed by atoms with Crippen molar-refractivity contribution in [3.63, 3.8) is 0 Å². The zero-order chi connectivity index (χ0) is 26.7. The maximum absolute atomic E-state index is 12.2. The Bertz CT molecular complexity index is 471. The van der Waals surface area contributed by atoms with Crippen molar-refractivity contribution in [1.29, 1.82) is 0 Å². The molecule has 3 fully saturated rings. The zero-order valence-electron chi connectivity index (χ0n) is 26.1. The first-order valence-electron chi connectivity index (χ1n) is 18.4. The van der Waals surface area contributed by atoms with E-state index in [4.69, 9.17) is 0 Å². The van der Waals surface area contributed by atoms with E-state index in [0.717, 1.165) is 48.3 Å². The van der Waals surface area contributed by atoms with Crippen LogP contribution < -0.4 is 0 Å². The summed E-state index contributed by atoms with van der Waals surface area (Å²) in [6.45, 7) is 2.20. The second-order valence-electron chi connectivity index (χ2n) is 14.5. The number of alkyl halides is 1. The summed E-state index contributed by atoms with van der Waals surface area (Å²) < 4.78 is 12.2. The molecule has 3 aliphatic rings. The molecular formula is C37H69F. The summed E-state index contributed by atoms with van der Waals surface area (Å²) in [6, 6.07) is 0. The van der Waals surface area contributed by atoms with Gasteiger partial charge in [-0.25, -0.2) is 0 Å². The van der Waals surface area contributed by atoms with Gasteiger partial charge in [0.05, 0.1) is 6.67 Å². The fraction of sp³-hybridized carbons (Fsp3) is 1.00. The molecule has 0 radical (unpaired) electrons. The fourth-order valence-electron chi connectivity index (χ4n) is 8.96. The molecule has 3 aliphatic carbocycles. The van der Waals surface area contributed by atoms with E-state index in [9.17, 15) is 4.39 Å². The summed E-state index contributed by atoms with van der Waals surface area (Å²) >= 11 is 0. The molecule has 3 saturated carbocycles. The van der Waals surface area contributed by atoms with E-state index in [2.05, 4.69) is 6.92 Å². The Morgan fingerprint density at radius 3 is 1.00 bits per heavy atom. The summed E-state index contributed by atoms with van der Waals surface area (Å²) in [5.41, 5.74) is 0. The molecule has 0 aromatic rings. The number of rotatable bonds is 20. The number of hydrogen-bond donors (Lipinski definition) is 0. The van der Waals surface area contributed by atoms with Crippen molar-refractivity contribution in [3.8, 4) is 0 Å². The Labute approximate surface area is 239 Å². The molecular weight excluding hydrogens is 463 g/mol. The average molecular weight is 533 g/mol. The molecule has 224 valence electrons. The minimum Gasteiger partial charge on any atom is -0.251 e. The van der Waals surface area contributed by atoms with Crippen LogP contribution in [0.15, 0.2) is 0 Å². The van der Waals surface area contributed by atoms with Crippen molar-refractivity contribution < 1.29 is 4.39 Å². The minimum absolute atomic E-state index is 0.121. The van der Waals surface area contributed by atoms with Crippen molar-refractivity contribution in [2.24, 2.45) is 35.5 Å². The van der Waals surface area contributed by atoms with E-state index in [1.807, 2.05) is 0 Å². The molecule has 0 heterocycles. The van der Waals surface area contributed by atoms with E-state index in [1.54, 1.807) is 70.6 Å². The normalized spacial score (nSPS) is 30.5.